The van der Waals surface area contributed by atoms with E-state index in [1.54, 1.807) is 18.2 Å². The van der Waals surface area contributed by atoms with Gasteiger partial charge in [0.15, 0.2) is 6.61 Å². The number of ether oxygens (including phenoxy) is 2. The molecule has 0 saturated carbocycles. The van der Waals surface area contributed by atoms with Gasteiger partial charge in [-0.05, 0) is 62.3 Å². The van der Waals surface area contributed by atoms with Crippen molar-refractivity contribution >= 4 is 23.5 Å². The maximum Gasteiger partial charge on any atom is 0.313 e. The van der Waals surface area contributed by atoms with Crippen LogP contribution in [0.1, 0.15) is 37.7 Å². The van der Waals surface area contributed by atoms with Crippen molar-refractivity contribution in [2.75, 3.05) is 19.8 Å². The number of hydrogen-bond acceptors (Lipinski definition) is 4. The summed E-state index contributed by atoms with van der Waals surface area (Å²) >= 11 is 5.98. The molecule has 3 rings (SSSR count). The molecule has 6 heteroatoms. The number of hydrogen-bond donors (Lipinski definition) is 1. The van der Waals surface area contributed by atoms with Gasteiger partial charge in [0.2, 0.25) is 0 Å². The lowest BCUT2D eigenvalue weighted by Crippen LogP contribution is -2.34. The van der Waals surface area contributed by atoms with Gasteiger partial charge in [-0.2, -0.15) is 0 Å². The monoisotopic (exact) mass is 377 g/mol. The van der Waals surface area contributed by atoms with Gasteiger partial charge in [0, 0.05) is 11.6 Å². The summed E-state index contributed by atoms with van der Waals surface area (Å²) in [4.78, 5) is 24.1. The maximum absolute atomic E-state index is 12.2. The molecular formula is C20H24ClNO4. The lowest BCUT2D eigenvalue weighted by Gasteiger charge is -2.24. The first-order chi connectivity index (χ1) is 12.6. The number of carbonyl (C=O) groups is 2. The minimum Gasteiger partial charge on any atom is -0.492 e. The van der Waals surface area contributed by atoms with Crippen LogP contribution in [0, 0.1) is 5.92 Å². The minimum atomic E-state index is -0.416. The Hall–Kier alpha value is -2.01. The van der Waals surface area contributed by atoms with E-state index in [4.69, 9.17) is 21.1 Å². The molecule has 0 spiro atoms. The summed E-state index contributed by atoms with van der Waals surface area (Å²) in [7, 11) is 0. The van der Waals surface area contributed by atoms with Gasteiger partial charge in [-0.3, -0.25) is 9.59 Å². The standard InChI is InChI=1S/C20H24ClNO4/c21-17-6-7-18-15(11-17)10-16(12-25-18)20(24)26-13-19(23)22-9-8-14-4-2-1-3-5-14/h4,6-7,11,16H,1-3,5,8-10,12-13H2,(H,22,23)/t16-/m1/s1. The number of halogens is 1. The van der Waals surface area contributed by atoms with E-state index < -0.39 is 11.9 Å². The molecule has 1 aliphatic heterocycles. The maximum atomic E-state index is 12.2. The first-order valence-corrected chi connectivity index (χ1v) is 9.52. The lowest BCUT2D eigenvalue weighted by molar-refractivity contribution is -0.153. The van der Waals surface area contributed by atoms with Crippen LogP contribution in [-0.2, 0) is 20.7 Å². The van der Waals surface area contributed by atoms with Crippen molar-refractivity contribution in [2.24, 2.45) is 5.92 Å². The molecule has 2 aliphatic rings. The normalized spacial score (nSPS) is 19.0. The molecule has 140 valence electrons. The van der Waals surface area contributed by atoms with Gasteiger partial charge in [-0.25, -0.2) is 0 Å². The average Bonchev–Trinajstić information content (AvgIpc) is 2.66. The van der Waals surface area contributed by atoms with Gasteiger partial charge in [0.05, 0.1) is 5.92 Å². The molecule has 0 unspecified atom stereocenters. The van der Waals surface area contributed by atoms with Crippen LogP contribution >= 0.6 is 11.6 Å². The average molecular weight is 378 g/mol. The summed E-state index contributed by atoms with van der Waals surface area (Å²) in [6.07, 6.45) is 8.39. The van der Waals surface area contributed by atoms with Crippen LogP contribution in [0.5, 0.6) is 5.75 Å². The van der Waals surface area contributed by atoms with E-state index >= 15 is 0 Å². The van der Waals surface area contributed by atoms with E-state index in [1.807, 2.05) is 0 Å². The Morgan fingerprint density at radius 2 is 2.19 bits per heavy atom. The van der Waals surface area contributed by atoms with E-state index in [2.05, 4.69) is 11.4 Å². The molecule has 1 aliphatic carbocycles. The fourth-order valence-corrected chi connectivity index (χ4v) is 3.51. The van der Waals surface area contributed by atoms with Crippen molar-refractivity contribution in [3.8, 4) is 5.75 Å². The van der Waals surface area contributed by atoms with Crippen molar-refractivity contribution < 1.29 is 19.1 Å². The zero-order valence-electron chi connectivity index (χ0n) is 14.8. The molecule has 1 aromatic rings. The van der Waals surface area contributed by atoms with E-state index in [-0.39, 0.29) is 19.1 Å². The zero-order valence-corrected chi connectivity index (χ0v) is 15.5. The van der Waals surface area contributed by atoms with Gasteiger partial charge < -0.3 is 14.8 Å². The highest BCUT2D eigenvalue weighted by Gasteiger charge is 2.27. The Morgan fingerprint density at radius 3 is 3.00 bits per heavy atom. The molecule has 1 N–H and O–H groups in total. The van der Waals surface area contributed by atoms with E-state index in [0.29, 0.717) is 18.0 Å². The molecule has 0 radical (unpaired) electrons. The third kappa shape index (κ3) is 5.24. The zero-order chi connectivity index (χ0) is 18.4. The van der Waals surface area contributed by atoms with Crippen LogP contribution in [0.3, 0.4) is 0 Å². The molecular weight excluding hydrogens is 354 g/mol. The van der Waals surface area contributed by atoms with Crippen LogP contribution in [0.15, 0.2) is 29.8 Å². The quantitative estimate of drug-likeness (QED) is 0.609. The highest BCUT2D eigenvalue weighted by atomic mass is 35.5. The third-order valence-electron chi connectivity index (χ3n) is 4.76. The second-order valence-electron chi connectivity index (χ2n) is 6.78. The van der Waals surface area contributed by atoms with Gasteiger partial charge >= 0.3 is 5.97 Å². The fraction of sp³-hybridized carbons (Fsp3) is 0.500. The highest BCUT2D eigenvalue weighted by Crippen LogP contribution is 2.30. The second kappa shape index (κ2) is 9.08. The van der Waals surface area contributed by atoms with Crippen molar-refractivity contribution in [3.05, 3.63) is 40.4 Å². The summed E-state index contributed by atoms with van der Waals surface area (Å²) in [5, 5.41) is 3.41. The first kappa shape index (κ1) is 18.8. The predicted molar refractivity (Wildman–Crippen MR) is 99.3 cm³/mol. The number of esters is 1. The number of fused-ring (bicyclic) bond motifs is 1. The summed E-state index contributed by atoms with van der Waals surface area (Å²) < 4.78 is 10.7. The van der Waals surface area contributed by atoms with E-state index in [0.717, 1.165) is 30.6 Å². The molecule has 1 heterocycles. The Labute approximate surface area is 158 Å². The van der Waals surface area contributed by atoms with Crippen molar-refractivity contribution in [1.82, 2.24) is 5.32 Å². The molecule has 0 aromatic heterocycles. The van der Waals surface area contributed by atoms with Crippen LogP contribution in [0.25, 0.3) is 0 Å². The van der Waals surface area contributed by atoms with Gasteiger partial charge in [0.1, 0.15) is 12.4 Å². The van der Waals surface area contributed by atoms with Crippen LogP contribution < -0.4 is 10.1 Å². The van der Waals surface area contributed by atoms with E-state index in [1.165, 1.54) is 18.4 Å². The number of nitrogens with one attached hydrogen (secondary N) is 1. The predicted octanol–water partition coefficient (Wildman–Crippen LogP) is 3.44. The lowest BCUT2D eigenvalue weighted by atomic mass is 9.97. The molecule has 0 fully saturated rings. The topological polar surface area (TPSA) is 64.6 Å². The van der Waals surface area contributed by atoms with E-state index in [9.17, 15) is 9.59 Å². The fourth-order valence-electron chi connectivity index (χ4n) is 3.31. The van der Waals surface area contributed by atoms with Crippen molar-refractivity contribution in [1.29, 1.82) is 0 Å². The molecule has 1 aromatic carbocycles. The number of allylic oxidation sites excluding steroid dienone is 1. The molecule has 0 saturated heterocycles. The Bertz CT molecular complexity index is 701. The summed E-state index contributed by atoms with van der Waals surface area (Å²) in [5.74, 6) is -0.356. The van der Waals surface area contributed by atoms with Crippen LogP contribution in [0.2, 0.25) is 5.02 Å². The largest absolute Gasteiger partial charge is 0.492 e. The molecule has 1 atom stereocenters. The van der Waals surface area contributed by atoms with Gasteiger partial charge in [0.25, 0.3) is 5.91 Å². The van der Waals surface area contributed by atoms with Crippen molar-refractivity contribution in [2.45, 2.75) is 38.5 Å². The molecule has 1 amide bonds. The number of benzene rings is 1. The Kier molecular flexibility index (Phi) is 6.56. The number of carbonyl (C=O) groups excluding carboxylic acids is 2. The highest BCUT2D eigenvalue weighted by molar-refractivity contribution is 6.30. The minimum absolute atomic E-state index is 0.253. The summed E-state index contributed by atoms with van der Waals surface area (Å²) in [5.41, 5.74) is 2.29. The SMILES string of the molecule is O=C(COC(=O)[C@H]1COc2ccc(Cl)cc2C1)NCCC1=CCCCC1. The Morgan fingerprint density at radius 1 is 1.31 bits per heavy atom. The molecule has 26 heavy (non-hydrogen) atoms. The Balaban J connectivity index is 1.38. The second-order valence-corrected chi connectivity index (χ2v) is 7.22. The number of rotatable bonds is 6. The van der Waals surface area contributed by atoms with Crippen LogP contribution in [-0.4, -0.2) is 31.6 Å². The molecule has 5 nitrogen and oxygen atoms in total. The number of amides is 1. The molecule has 0 bridgehead atoms. The third-order valence-corrected chi connectivity index (χ3v) is 5.00. The van der Waals surface area contributed by atoms with Gasteiger partial charge in [-0.15, -0.1) is 0 Å². The summed E-state index contributed by atoms with van der Waals surface area (Å²) in [6, 6.07) is 5.35. The smallest absolute Gasteiger partial charge is 0.313 e. The van der Waals surface area contributed by atoms with Gasteiger partial charge in [-0.1, -0.05) is 23.3 Å². The van der Waals surface area contributed by atoms with Crippen LogP contribution in [0.4, 0.5) is 0 Å². The first-order valence-electron chi connectivity index (χ1n) is 9.14. The van der Waals surface area contributed by atoms with Crippen molar-refractivity contribution in [3.63, 3.8) is 0 Å². The summed E-state index contributed by atoms with van der Waals surface area (Å²) in [6.45, 7) is 0.584.